The van der Waals surface area contributed by atoms with Crippen LogP contribution in [0.4, 0.5) is 0 Å². The lowest BCUT2D eigenvalue weighted by molar-refractivity contribution is 0.866. The van der Waals surface area contributed by atoms with E-state index in [2.05, 4.69) is 118 Å². The van der Waals surface area contributed by atoms with Crippen LogP contribution in [0, 0.1) is 0 Å². The SMILES string of the molecule is CCCc1ccc(C(c2ccc(C(C)C)cc2)=c2cccc3c2=Cc2ccccc2-3)cc1. The number of hydrogen-bond donors (Lipinski definition) is 0. The van der Waals surface area contributed by atoms with Gasteiger partial charge >= 0.3 is 0 Å². The highest BCUT2D eigenvalue weighted by Crippen LogP contribution is 2.27. The van der Waals surface area contributed by atoms with Gasteiger partial charge in [0, 0.05) is 0 Å². The minimum atomic E-state index is 0.532. The van der Waals surface area contributed by atoms with Gasteiger partial charge in [-0.05, 0) is 73.4 Å². The highest BCUT2D eigenvalue weighted by Gasteiger charge is 2.15. The maximum Gasteiger partial charge on any atom is -0.00326 e. The zero-order chi connectivity index (χ0) is 22.1. The third-order valence-corrected chi connectivity index (χ3v) is 6.57. The number of rotatable bonds is 5. The van der Waals surface area contributed by atoms with Crippen LogP contribution in [-0.2, 0) is 6.42 Å². The lowest BCUT2D eigenvalue weighted by atomic mass is 9.91. The summed E-state index contributed by atoms with van der Waals surface area (Å²) in [6, 6.07) is 33.8. The van der Waals surface area contributed by atoms with Gasteiger partial charge in [0.15, 0.2) is 0 Å². The van der Waals surface area contributed by atoms with Crippen molar-refractivity contribution in [3.05, 3.63) is 129 Å². The summed E-state index contributed by atoms with van der Waals surface area (Å²) >= 11 is 0. The van der Waals surface area contributed by atoms with E-state index in [-0.39, 0.29) is 0 Å². The molecule has 5 rings (SSSR count). The predicted octanol–water partition coefficient (Wildman–Crippen LogP) is 6.82. The minimum Gasteiger partial charge on any atom is -0.0651 e. The van der Waals surface area contributed by atoms with E-state index >= 15 is 0 Å². The number of aryl methyl sites for hydroxylation is 1. The van der Waals surface area contributed by atoms with Crippen molar-refractivity contribution in [1.29, 1.82) is 0 Å². The molecule has 0 unspecified atom stereocenters. The molecule has 0 atom stereocenters. The number of benzene rings is 4. The molecule has 4 aromatic carbocycles. The van der Waals surface area contributed by atoms with E-state index in [4.69, 9.17) is 0 Å². The van der Waals surface area contributed by atoms with E-state index in [0.29, 0.717) is 5.92 Å². The zero-order valence-corrected chi connectivity index (χ0v) is 19.2. The van der Waals surface area contributed by atoms with Crippen LogP contribution in [-0.4, -0.2) is 0 Å². The second kappa shape index (κ2) is 8.63. The molecule has 32 heavy (non-hydrogen) atoms. The molecule has 0 aliphatic heterocycles. The lowest BCUT2D eigenvalue weighted by Crippen LogP contribution is -2.28. The second-order valence-corrected chi connectivity index (χ2v) is 9.10. The molecule has 0 radical (unpaired) electrons. The van der Waals surface area contributed by atoms with Crippen LogP contribution in [0.5, 0.6) is 0 Å². The van der Waals surface area contributed by atoms with Crippen molar-refractivity contribution in [2.75, 3.05) is 0 Å². The van der Waals surface area contributed by atoms with Gasteiger partial charge in [-0.3, -0.25) is 0 Å². The van der Waals surface area contributed by atoms with Gasteiger partial charge in [0.1, 0.15) is 0 Å². The molecule has 0 saturated carbocycles. The van der Waals surface area contributed by atoms with Crippen LogP contribution in [0.3, 0.4) is 0 Å². The average molecular weight is 415 g/mol. The van der Waals surface area contributed by atoms with Crippen LogP contribution >= 0.6 is 0 Å². The Morgan fingerprint density at radius 3 is 2.03 bits per heavy atom. The first-order valence-electron chi connectivity index (χ1n) is 11.8. The Morgan fingerprint density at radius 1 is 0.688 bits per heavy atom. The van der Waals surface area contributed by atoms with Gasteiger partial charge in [0.05, 0.1) is 0 Å². The van der Waals surface area contributed by atoms with Crippen LogP contribution in [0.2, 0.25) is 0 Å². The van der Waals surface area contributed by atoms with Crippen LogP contribution < -0.4 is 10.4 Å². The van der Waals surface area contributed by atoms with E-state index in [1.165, 1.54) is 61.4 Å². The fraction of sp³-hybridized carbons (Fsp3) is 0.188. The summed E-state index contributed by atoms with van der Waals surface area (Å²) in [6.45, 7) is 6.74. The first kappa shape index (κ1) is 20.5. The van der Waals surface area contributed by atoms with Crippen LogP contribution in [0.1, 0.15) is 60.9 Å². The summed E-state index contributed by atoms with van der Waals surface area (Å²) in [4.78, 5) is 0. The first-order valence-corrected chi connectivity index (χ1v) is 11.8. The van der Waals surface area contributed by atoms with Gasteiger partial charge < -0.3 is 0 Å². The predicted molar refractivity (Wildman–Crippen MR) is 137 cm³/mol. The van der Waals surface area contributed by atoms with E-state index < -0.39 is 0 Å². The molecule has 4 aromatic rings. The van der Waals surface area contributed by atoms with E-state index in [9.17, 15) is 0 Å². The van der Waals surface area contributed by atoms with Crippen molar-refractivity contribution in [1.82, 2.24) is 0 Å². The van der Waals surface area contributed by atoms with Crippen molar-refractivity contribution in [3.8, 4) is 11.1 Å². The molecule has 0 saturated heterocycles. The summed E-state index contributed by atoms with van der Waals surface area (Å²) in [7, 11) is 0. The van der Waals surface area contributed by atoms with Gasteiger partial charge in [-0.2, -0.15) is 0 Å². The minimum absolute atomic E-state index is 0.532. The zero-order valence-electron chi connectivity index (χ0n) is 19.2. The average Bonchev–Trinajstić information content (AvgIpc) is 3.20. The topological polar surface area (TPSA) is 0 Å². The lowest BCUT2D eigenvalue weighted by Gasteiger charge is -2.13. The van der Waals surface area contributed by atoms with Crippen molar-refractivity contribution >= 4 is 11.6 Å². The standard InChI is InChI=1S/C32H30/c1-4-8-23-13-15-25(16-14-23)32(26-19-17-24(18-20-26)22(2)3)30-12-7-11-29-28-10-6-5-9-27(28)21-31(29)30/h5-7,9-22H,4,8H2,1-3H3. The molecule has 1 aliphatic carbocycles. The van der Waals surface area contributed by atoms with Crippen molar-refractivity contribution in [2.24, 2.45) is 0 Å². The molecular weight excluding hydrogens is 384 g/mol. The third kappa shape index (κ3) is 3.71. The van der Waals surface area contributed by atoms with E-state index in [1.807, 2.05) is 0 Å². The Hall–Kier alpha value is -3.38. The molecule has 0 nitrogen and oxygen atoms in total. The van der Waals surface area contributed by atoms with Crippen LogP contribution in [0.25, 0.3) is 22.8 Å². The largest absolute Gasteiger partial charge is 0.0651 e. The number of hydrogen-bond acceptors (Lipinski definition) is 0. The molecule has 158 valence electrons. The summed E-state index contributed by atoms with van der Waals surface area (Å²) in [5.41, 5.74) is 10.6. The van der Waals surface area contributed by atoms with E-state index in [0.717, 1.165) is 6.42 Å². The quantitative estimate of drug-likeness (QED) is 0.296. The second-order valence-electron chi connectivity index (χ2n) is 9.10. The Kier molecular flexibility index (Phi) is 5.53. The van der Waals surface area contributed by atoms with Gasteiger partial charge in [-0.25, -0.2) is 0 Å². The smallest absolute Gasteiger partial charge is 0.00326 e. The summed E-state index contributed by atoms with van der Waals surface area (Å²) in [6.07, 6.45) is 4.66. The van der Waals surface area contributed by atoms with Gasteiger partial charge in [0.25, 0.3) is 0 Å². The Bertz CT molecular complexity index is 1370. The van der Waals surface area contributed by atoms with Gasteiger partial charge in [-0.1, -0.05) is 118 Å². The summed E-state index contributed by atoms with van der Waals surface area (Å²) in [5, 5.41) is 2.63. The molecule has 0 amide bonds. The normalized spacial score (nSPS) is 12.9. The maximum absolute atomic E-state index is 2.36. The van der Waals surface area contributed by atoms with Crippen LogP contribution in [0.15, 0.2) is 91.0 Å². The molecule has 0 N–H and O–H groups in total. The molecule has 0 heterocycles. The molecule has 0 heteroatoms. The first-order chi connectivity index (χ1) is 15.7. The number of fused-ring (bicyclic) bond motifs is 3. The monoisotopic (exact) mass is 414 g/mol. The Labute approximate surface area is 191 Å². The molecule has 0 spiro atoms. The highest BCUT2D eigenvalue weighted by atomic mass is 14.2. The molecule has 0 bridgehead atoms. The fourth-order valence-electron chi connectivity index (χ4n) is 4.84. The molecular formula is C32H30. The van der Waals surface area contributed by atoms with Crippen molar-refractivity contribution in [3.63, 3.8) is 0 Å². The summed E-state index contributed by atoms with van der Waals surface area (Å²) < 4.78 is 0. The third-order valence-electron chi connectivity index (χ3n) is 6.57. The Balaban J connectivity index is 1.79. The summed E-state index contributed by atoms with van der Waals surface area (Å²) in [5.74, 6) is 0.532. The van der Waals surface area contributed by atoms with Gasteiger partial charge in [-0.15, -0.1) is 0 Å². The highest BCUT2D eigenvalue weighted by molar-refractivity contribution is 5.86. The Morgan fingerprint density at radius 2 is 1.34 bits per heavy atom. The fourth-order valence-corrected chi connectivity index (χ4v) is 4.84. The molecule has 0 aromatic heterocycles. The van der Waals surface area contributed by atoms with Crippen molar-refractivity contribution in [2.45, 2.75) is 39.5 Å². The van der Waals surface area contributed by atoms with E-state index in [1.54, 1.807) is 0 Å². The molecule has 1 aliphatic rings. The maximum atomic E-state index is 2.36. The van der Waals surface area contributed by atoms with Crippen molar-refractivity contribution < 1.29 is 0 Å². The van der Waals surface area contributed by atoms with Gasteiger partial charge in [0.2, 0.25) is 0 Å². The molecule has 0 fully saturated rings.